The maximum absolute atomic E-state index is 12.0. The standard InChI is InChI=1S/C11H16FN3O/c1-15(8-2-7-12)10-5-3-9(4-6-10)11(13)14-16/h3-6,16H,2,7-8H2,1H3,(H2,13,14). The molecule has 0 aromatic heterocycles. The molecule has 0 radical (unpaired) electrons. The lowest BCUT2D eigenvalue weighted by atomic mass is 10.2. The molecule has 5 heteroatoms. The second-order valence-corrected chi connectivity index (χ2v) is 3.50. The first-order chi connectivity index (χ1) is 7.69. The van der Waals surface area contributed by atoms with Crippen LogP contribution in [0.4, 0.5) is 10.1 Å². The first kappa shape index (κ1) is 12.3. The smallest absolute Gasteiger partial charge is 0.170 e. The van der Waals surface area contributed by atoms with Crippen LogP contribution in [-0.2, 0) is 0 Å². The molecule has 1 aromatic rings. The van der Waals surface area contributed by atoms with Crippen molar-refractivity contribution in [2.24, 2.45) is 10.9 Å². The van der Waals surface area contributed by atoms with Crippen molar-refractivity contribution < 1.29 is 9.60 Å². The van der Waals surface area contributed by atoms with Crippen molar-refractivity contribution in [2.75, 3.05) is 25.2 Å². The third-order valence-electron chi connectivity index (χ3n) is 2.34. The van der Waals surface area contributed by atoms with Crippen molar-refractivity contribution in [3.63, 3.8) is 0 Å². The zero-order valence-electron chi connectivity index (χ0n) is 9.23. The number of halogens is 1. The Morgan fingerprint density at radius 3 is 2.56 bits per heavy atom. The number of nitrogens with zero attached hydrogens (tertiary/aromatic N) is 2. The summed E-state index contributed by atoms with van der Waals surface area (Å²) < 4.78 is 12.0. The summed E-state index contributed by atoms with van der Waals surface area (Å²) in [6.07, 6.45) is 0.512. The molecule has 1 rings (SSSR count). The fraction of sp³-hybridized carbons (Fsp3) is 0.364. The monoisotopic (exact) mass is 225 g/mol. The average Bonchev–Trinajstić information content (AvgIpc) is 2.35. The van der Waals surface area contributed by atoms with Crippen molar-refractivity contribution >= 4 is 11.5 Å². The van der Waals surface area contributed by atoms with Gasteiger partial charge in [-0.3, -0.25) is 4.39 Å². The number of hydrogen-bond acceptors (Lipinski definition) is 3. The number of hydrogen-bond donors (Lipinski definition) is 2. The molecule has 0 saturated carbocycles. The number of anilines is 1. The van der Waals surface area contributed by atoms with Gasteiger partial charge in [-0.2, -0.15) is 0 Å². The molecule has 88 valence electrons. The Morgan fingerprint density at radius 1 is 1.44 bits per heavy atom. The summed E-state index contributed by atoms with van der Waals surface area (Å²) in [4.78, 5) is 1.95. The Kier molecular flexibility index (Phi) is 4.57. The number of oxime groups is 1. The van der Waals surface area contributed by atoms with E-state index in [1.165, 1.54) is 0 Å². The van der Waals surface area contributed by atoms with Gasteiger partial charge in [-0.15, -0.1) is 0 Å². The molecule has 0 spiro atoms. The zero-order valence-corrected chi connectivity index (χ0v) is 9.23. The largest absolute Gasteiger partial charge is 0.409 e. The van der Waals surface area contributed by atoms with Crippen LogP contribution in [0.2, 0.25) is 0 Å². The van der Waals surface area contributed by atoms with Gasteiger partial charge in [-0.05, 0) is 30.7 Å². The summed E-state index contributed by atoms with van der Waals surface area (Å²) >= 11 is 0. The number of benzene rings is 1. The molecule has 3 N–H and O–H groups in total. The Balaban J connectivity index is 2.71. The van der Waals surface area contributed by atoms with Gasteiger partial charge in [0.1, 0.15) is 0 Å². The van der Waals surface area contributed by atoms with Gasteiger partial charge in [0.2, 0.25) is 0 Å². The average molecular weight is 225 g/mol. The Morgan fingerprint density at radius 2 is 2.06 bits per heavy atom. The maximum atomic E-state index is 12.0. The minimum absolute atomic E-state index is 0.0814. The summed E-state index contributed by atoms with van der Waals surface area (Å²) in [5.41, 5.74) is 7.07. The molecule has 0 heterocycles. The van der Waals surface area contributed by atoms with Gasteiger partial charge in [0.05, 0.1) is 6.67 Å². The van der Waals surface area contributed by atoms with Crippen molar-refractivity contribution in [1.29, 1.82) is 0 Å². The first-order valence-corrected chi connectivity index (χ1v) is 5.04. The highest BCUT2D eigenvalue weighted by Gasteiger charge is 2.02. The van der Waals surface area contributed by atoms with Crippen molar-refractivity contribution in [3.05, 3.63) is 29.8 Å². The van der Waals surface area contributed by atoms with Gasteiger partial charge in [-0.25, -0.2) is 0 Å². The molecule has 0 saturated heterocycles. The SMILES string of the molecule is CN(CCCF)c1ccc(/C(N)=N/O)cc1. The Hall–Kier alpha value is -1.78. The van der Waals surface area contributed by atoms with Gasteiger partial charge in [-0.1, -0.05) is 5.16 Å². The molecular weight excluding hydrogens is 209 g/mol. The topological polar surface area (TPSA) is 61.8 Å². The molecule has 16 heavy (non-hydrogen) atoms. The number of alkyl halides is 1. The van der Waals surface area contributed by atoms with E-state index in [4.69, 9.17) is 10.9 Å². The van der Waals surface area contributed by atoms with Gasteiger partial charge >= 0.3 is 0 Å². The highest BCUT2D eigenvalue weighted by molar-refractivity contribution is 5.97. The Labute approximate surface area is 94.2 Å². The number of rotatable bonds is 5. The van der Waals surface area contributed by atoms with Gasteiger partial charge in [0, 0.05) is 24.8 Å². The van der Waals surface area contributed by atoms with E-state index in [-0.39, 0.29) is 12.5 Å². The van der Waals surface area contributed by atoms with Crippen LogP contribution in [0.25, 0.3) is 0 Å². The lowest BCUT2D eigenvalue weighted by Gasteiger charge is -2.18. The Bertz CT molecular complexity index is 351. The van der Waals surface area contributed by atoms with Crippen LogP contribution >= 0.6 is 0 Å². The van der Waals surface area contributed by atoms with Gasteiger partial charge in [0.15, 0.2) is 5.84 Å². The normalized spacial score (nSPS) is 11.5. The number of amidine groups is 1. The summed E-state index contributed by atoms with van der Waals surface area (Å²) in [5.74, 6) is 0.0814. The van der Waals surface area contributed by atoms with E-state index < -0.39 is 0 Å². The van der Waals surface area contributed by atoms with E-state index in [2.05, 4.69) is 5.16 Å². The molecule has 0 aliphatic rings. The molecule has 0 fully saturated rings. The van der Waals surface area contributed by atoms with Crippen LogP contribution in [0.5, 0.6) is 0 Å². The van der Waals surface area contributed by atoms with Gasteiger partial charge in [0.25, 0.3) is 0 Å². The molecule has 0 amide bonds. The van der Waals surface area contributed by atoms with Crippen LogP contribution in [-0.4, -0.2) is 31.3 Å². The lowest BCUT2D eigenvalue weighted by molar-refractivity contribution is 0.318. The van der Waals surface area contributed by atoms with E-state index >= 15 is 0 Å². The molecule has 0 atom stereocenters. The van der Waals surface area contributed by atoms with E-state index in [0.29, 0.717) is 18.5 Å². The summed E-state index contributed by atoms with van der Waals surface area (Å²) in [7, 11) is 1.90. The highest BCUT2D eigenvalue weighted by Crippen LogP contribution is 2.13. The van der Waals surface area contributed by atoms with Crippen molar-refractivity contribution in [3.8, 4) is 0 Å². The fourth-order valence-electron chi connectivity index (χ4n) is 1.37. The first-order valence-electron chi connectivity index (χ1n) is 5.04. The van der Waals surface area contributed by atoms with Crippen LogP contribution in [0.15, 0.2) is 29.4 Å². The molecule has 0 bridgehead atoms. The molecular formula is C11H16FN3O. The third-order valence-corrected chi connectivity index (χ3v) is 2.34. The molecule has 0 unspecified atom stereocenters. The van der Waals surface area contributed by atoms with Crippen molar-refractivity contribution in [1.82, 2.24) is 0 Å². The minimum atomic E-state index is -0.313. The predicted octanol–water partition coefficient (Wildman–Crippen LogP) is 1.58. The zero-order chi connectivity index (χ0) is 12.0. The van der Waals surface area contributed by atoms with Gasteiger partial charge < -0.3 is 15.8 Å². The molecule has 4 nitrogen and oxygen atoms in total. The second-order valence-electron chi connectivity index (χ2n) is 3.50. The summed E-state index contributed by atoms with van der Waals surface area (Å²) in [6.45, 7) is 0.353. The summed E-state index contributed by atoms with van der Waals surface area (Å²) in [5, 5.41) is 11.4. The maximum Gasteiger partial charge on any atom is 0.170 e. The second kappa shape index (κ2) is 5.95. The lowest BCUT2D eigenvalue weighted by Crippen LogP contribution is -2.19. The number of nitrogens with two attached hydrogens (primary N) is 1. The fourth-order valence-corrected chi connectivity index (χ4v) is 1.37. The third kappa shape index (κ3) is 3.12. The van der Waals surface area contributed by atoms with E-state index in [0.717, 1.165) is 5.69 Å². The molecule has 0 aliphatic carbocycles. The van der Waals surface area contributed by atoms with Crippen LogP contribution in [0.1, 0.15) is 12.0 Å². The molecule has 0 aliphatic heterocycles. The van der Waals surface area contributed by atoms with Crippen LogP contribution in [0.3, 0.4) is 0 Å². The van der Waals surface area contributed by atoms with E-state index in [1.54, 1.807) is 12.1 Å². The highest BCUT2D eigenvalue weighted by atomic mass is 19.1. The van der Waals surface area contributed by atoms with E-state index in [1.807, 2.05) is 24.1 Å². The molecule has 1 aromatic carbocycles. The minimum Gasteiger partial charge on any atom is -0.409 e. The summed E-state index contributed by atoms with van der Waals surface area (Å²) in [6, 6.07) is 7.23. The van der Waals surface area contributed by atoms with Crippen LogP contribution in [0, 0.1) is 0 Å². The van der Waals surface area contributed by atoms with Crippen LogP contribution < -0.4 is 10.6 Å². The van der Waals surface area contributed by atoms with Crippen molar-refractivity contribution in [2.45, 2.75) is 6.42 Å². The predicted molar refractivity (Wildman–Crippen MR) is 62.8 cm³/mol. The quantitative estimate of drug-likeness (QED) is 0.346. The van der Waals surface area contributed by atoms with E-state index in [9.17, 15) is 4.39 Å².